The van der Waals surface area contributed by atoms with Gasteiger partial charge in [-0.25, -0.2) is 13.6 Å². The van der Waals surface area contributed by atoms with E-state index in [0.29, 0.717) is 5.69 Å². The van der Waals surface area contributed by atoms with Crippen LogP contribution in [0.5, 0.6) is 0 Å². The number of hydrogen-bond acceptors (Lipinski definition) is 3. The highest BCUT2D eigenvalue weighted by Crippen LogP contribution is 2.23. The van der Waals surface area contributed by atoms with Crippen LogP contribution in [0.3, 0.4) is 0 Å². The average molecular weight is 361 g/mol. The minimum atomic E-state index is -1.13. The van der Waals surface area contributed by atoms with Gasteiger partial charge in [0.05, 0.1) is 6.10 Å². The number of carbonyl (C=O) groups is 1. The fourth-order valence-electron chi connectivity index (χ4n) is 2.96. The van der Waals surface area contributed by atoms with Crippen molar-refractivity contribution in [2.24, 2.45) is 0 Å². The molecule has 1 saturated heterocycles. The van der Waals surface area contributed by atoms with E-state index >= 15 is 0 Å². The van der Waals surface area contributed by atoms with Gasteiger partial charge in [0.15, 0.2) is 11.6 Å². The molecule has 0 radical (unpaired) electrons. The maximum atomic E-state index is 13.2. The Bertz CT molecular complexity index is 779. The summed E-state index contributed by atoms with van der Waals surface area (Å²) >= 11 is 0. The number of hydrogen-bond donors (Lipinski definition) is 3. The van der Waals surface area contributed by atoms with Crippen molar-refractivity contribution in [2.45, 2.75) is 18.9 Å². The number of nitrogens with zero attached hydrogens (tertiary/aromatic N) is 1. The highest BCUT2D eigenvalue weighted by atomic mass is 19.2. The van der Waals surface area contributed by atoms with Crippen molar-refractivity contribution < 1.29 is 18.7 Å². The van der Waals surface area contributed by atoms with Gasteiger partial charge in [-0.1, -0.05) is 12.1 Å². The summed E-state index contributed by atoms with van der Waals surface area (Å²) in [6, 6.07) is 10.2. The summed E-state index contributed by atoms with van der Waals surface area (Å²) in [7, 11) is 0. The molecule has 138 valence electrons. The number of aliphatic hydroxyl groups is 1. The van der Waals surface area contributed by atoms with Gasteiger partial charge in [0.2, 0.25) is 0 Å². The highest BCUT2D eigenvalue weighted by molar-refractivity contribution is 5.89. The van der Waals surface area contributed by atoms with Crippen LogP contribution in [0.25, 0.3) is 0 Å². The maximum Gasteiger partial charge on any atom is 0.319 e. The number of aliphatic hydroxyl groups excluding tert-OH is 1. The van der Waals surface area contributed by atoms with Crippen LogP contribution in [0.1, 0.15) is 24.5 Å². The van der Waals surface area contributed by atoms with Crippen molar-refractivity contribution in [1.29, 1.82) is 0 Å². The van der Waals surface area contributed by atoms with Gasteiger partial charge in [-0.15, -0.1) is 0 Å². The standard InChI is InChI=1S/C19H21F2N3O2/c20-16-7-6-13(10-17(16)21)18(25)12-22-19(26)23-14-4-3-5-15(11-14)24-8-1-2-9-24/h3-7,10-11,18,25H,1-2,8-9,12H2,(H2,22,23,26). The van der Waals surface area contributed by atoms with Crippen LogP contribution in [-0.4, -0.2) is 30.8 Å². The number of urea groups is 1. The topological polar surface area (TPSA) is 64.6 Å². The van der Waals surface area contributed by atoms with Gasteiger partial charge in [0.25, 0.3) is 0 Å². The second-order valence-electron chi connectivity index (χ2n) is 6.27. The highest BCUT2D eigenvalue weighted by Gasteiger charge is 2.14. The normalized spacial score (nSPS) is 15.0. The summed E-state index contributed by atoms with van der Waals surface area (Å²) in [5.74, 6) is -2.02. The van der Waals surface area contributed by atoms with Gasteiger partial charge in [0, 0.05) is 31.0 Å². The number of benzene rings is 2. The molecule has 1 fully saturated rings. The van der Waals surface area contributed by atoms with Crippen LogP contribution < -0.4 is 15.5 Å². The largest absolute Gasteiger partial charge is 0.387 e. The van der Waals surface area contributed by atoms with Crippen molar-refractivity contribution >= 4 is 17.4 Å². The fourth-order valence-corrected chi connectivity index (χ4v) is 2.96. The lowest BCUT2D eigenvalue weighted by Gasteiger charge is -2.18. The predicted molar refractivity (Wildman–Crippen MR) is 96.2 cm³/mol. The van der Waals surface area contributed by atoms with Crippen molar-refractivity contribution in [3.05, 3.63) is 59.7 Å². The van der Waals surface area contributed by atoms with E-state index in [2.05, 4.69) is 15.5 Å². The third-order valence-electron chi connectivity index (χ3n) is 4.36. The monoisotopic (exact) mass is 361 g/mol. The lowest BCUT2D eigenvalue weighted by molar-refractivity contribution is 0.174. The Morgan fingerprint density at radius 2 is 1.88 bits per heavy atom. The van der Waals surface area contributed by atoms with Gasteiger partial charge in [0.1, 0.15) is 0 Å². The third-order valence-corrected chi connectivity index (χ3v) is 4.36. The van der Waals surface area contributed by atoms with E-state index in [9.17, 15) is 18.7 Å². The molecular formula is C19H21F2N3O2. The quantitative estimate of drug-likeness (QED) is 0.765. The second kappa shape index (κ2) is 8.14. The Labute approximate surface area is 150 Å². The van der Waals surface area contributed by atoms with Crippen LogP contribution in [0.2, 0.25) is 0 Å². The smallest absolute Gasteiger partial charge is 0.319 e. The van der Waals surface area contributed by atoms with Crippen molar-refractivity contribution in [1.82, 2.24) is 5.32 Å². The van der Waals surface area contributed by atoms with Crippen molar-refractivity contribution in [2.75, 3.05) is 29.9 Å². The Kier molecular flexibility index (Phi) is 5.68. The van der Waals surface area contributed by atoms with E-state index < -0.39 is 23.8 Å². The van der Waals surface area contributed by atoms with Crippen LogP contribution in [0, 0.1) is 11.6 Å². The first kappa shape index (κ1) is 18.1. The molecule has 0 aromatic heterocycles. The minimum absolute atomic E-state index is 0.122. The molecule has 5 nitrogen and oxygen atoms in total. The fraction of sp³-hybridized carbons (Fsp3) is 0.316. The van der Waals surface area contributed by atoms with Crippen molar-refractivity contribution in [3.63, 3.8) is 0 Å². The van der Waals surface area contributed by atoms with E-state index in [1.807, 2.05) is 18.2 Å². The molecule has 1 unspecified atom stereocenters. The Morgan fingerprint density at radius 3 is 2.62 bits per heavy atom. The number of carbonyl (C=O) groups excluding carboxylic acids is 1. The van der Waals surface area contributed by atoms with E-state index in [0.717, 1.165) is 30.9 Å². The molecule has 1 atom stereocenters. The number of halogens is 2. The van der Waals surface area contributed by atoms with Crippen molar-refractivity contribution in [3.8, 4) is 0 Å². The second-order valence-corrected chi connectivity index (χ2v) is 6.27. The summed E-state index contributed by atoms with van der Waals surface area (Å²) in [6.45, 7) is 1.90. The molecule has 0 saturated carbocycles. The Balaban J connectivity index is 1.53. The summed E-state index contributed by atoms with van der Waals surface area (Å²) < 4.78 is 26.1. The summed E-state index contributed by atoms with van der Waals surface area (Å²) in [5.41, 5.74) is 1.90. The number of nitrogens with one attached hydrogen (secondary N) is 2. The predicted octanol–water partition coefficient (Wildman–Crippen LogP) is 3.42. The first-order valence-corrected chi connectivity index (χ1v) is 8.56. The summed E-state index contributed by atoms with van der Waals surface area (Å²) in [6.07, 6.45) is 1.20. The molecule has 1 aliphatic rings. The molecule has 1 heterocycles. The van der Waals surface area contributed by atoms with Crippen LogP contribution in [-0.2, 0) is 0 Å². The molecule has 26 heavy (non-hydrogen) atoms. The summed E-state index contributed by atoms with van der Waals surface area (Å²) in [4.78, 5) is 14.3. The van der Waals surface area contributed by atoms with Gasteiger partial charge in [-0.2, -0.15) is 0 Å². The maximum absolute atomic E-state index is 13.2. The van der Waals surface area contributed by atoms with E-state index in [-0.39, 0.29) is 12.1 Å². The van der Waals surface area contributed by atoms with Crippen LogP contribution >= 0.6 is 0 Å². The first-order valence-electron chi connectivity index (χ1n) is 8.56. The van der Waals surface area contributed by atoms with Crippen LogP contribution in [0.4, 0.5) is 25.0 Å². The Morgan fingerprint density at radius 1 is 1.12 bits per heavy atom. The number of anilines is 2. The average Bonchev–Trinajstić information content (AvgIpc) is 3.17. The number of rotatable bonds is 5. The zero-order chi connectivity index (χ0) is 18.5. The van der Waals surface area contributed by atoms with E-state index in [4.69, 9.17) is 0 Å². The zero-order valence-electron chi connectivity index (χ0n) is 14.2. The van der Waals surface area contributed by atoms with Gasteiger partial charge < -0.3 is 20.6 Å². The zero-order valence-corrected chi connectivity index (χ0v) is 14.2. The molecule has 0 spiro atoms. The molecular weight excluding hydrogens is 340 g/mol. The summed E-state index contributed by atoms with van der Waals surface area (Å²) in [5, 5.41) is 15.2. The molecule has 2 amide bonds. The molecule has 1 aliphatic heterocycles. The molecule has 2 aromatic rings. The van der Waals surface area contributed by atoms with Gasteiger partial charge in [-0.3, -0.25) is 0 Å². The lowest BCUT2D eigenvalue weighted by atomic mass is 10.1. The van der Waals surface area contributed by atoms with E-state index in [1.54, 1.807) is 6.07 Å². The molecule has 2 aromatic carbocycles. The third kappa shape index (κ3) is 4.49. The number of amides is 2. The Hall–Kier alpha value is -2.67. The molecule has 3 rings (SSSR count). The molecule has 0 bridgehead atoms. The minimum Gasteiger partial charge on any atom is -0.387 e. The van der Waals surface area contributed by atoms with Crippen LogP contribution in [0.15, 0.2) is 42.5 Å². The lowest BCUT2D eigenvalue weighted by Crippen LogP contribution is -2.32. The SMILES string of the molecule is O=C(NCC(O)c1ccc(F)c(F)c1)Nc1cccc(N2CCCC2)c1. The molecule has 0 aliphatic carbocycles. The molecule has 3 N–H and O–H groups in total. The first-order chi connectivity index (χ1) is 12.5. The van der Waals surface area contributed by atoms with Gasteiger partial charge >= 0.3 is 6.03 Å². The van der Waals surface area contributed by atoms with Gasteiger partial charge in [-0.05, 0) is 48.7 Å². The van der Waals surface area contributed by atoms with E-state index in [1.165, 1.54) is 18.9 Å². The molecule has 7 heteroatoms.